The Bertz CT molecular complexity index is 497. The predicted molar refractivity (Wildman–Crippen MR) is 77.4 cm³/mol. The molecular weight excluding hydrogens is 260 g/mol. The number of rotatable bonds is 5. The number of carbonyl (C=O) groups excluding carboxylic acids is 1. The zero-order chi connectivity index (χ0) is 13.6. The smallest absolute Gasteiger partial charge is 0.267 e. The van der Waals surface area contributed by atoms with Crippen molar-refractivity contribution < 1.29 is 4.79 Å². The molecule has 5 nitrogen and oxygen atoms in total. The molecule has 0 spiro atoms. The molecule has 0 saturated heterocycles. The molecule has 1 aromatic heterocycles. The van der Waals surface area contributed by atoms with Gasteiger partial charge in [-0.15, -0.1) is 0 Å². The van der Waals surface area contributed by atoms with Crippen LogP contribution in [0, 0.1) is 11.8 Å². The lowest BCUT2D eigenvalue weighted by Crippen LogP contribution is -2.29. The molecule has 2 fully saturated rings. The van der Waals surface area contributed by atoms with Crippen molar-refractivity contribution in [2.24, 2.45) is 11.8 Å². The Morgan fingerprint density at radius 3 is 2.84 bits per heavy atom. The SMILES string of the molecule is CC1CC1CN(C)C(=O)c1sc(NC2CC2)nc1N. The molecule has 1 amide bonds. The van der Waals surface area contributed by atoms with Gasteiger partial charge in [-0.1, -0.05) is 18.3 Å². The van der Waals surface area contributed by atoms with E-state index in [1.54, 1.807) is 4.90 Å². The molecule has 3 rings (SSSR count). The molecular formula is C13H20N4OS. The first-order valence-corrected chi connectivity index (χ1v) is 7.64. The van der Waals surface area contributed by atoms with Crippen LogP contribution in [0.4, 0.5) is 10.9 Å². The molecule has 2 aliphatic rings. The van der Waals surface area contributed by atoms with Crippen molar-refractivity contribution >= 4 is 28.2 Å². The topological polar surface area (TPSA) is 71.2 Å². The van der Waals surface area contributed by atoms with Gasteiger partial charge in [0.15, 0.2) is 5.13 Å². The fraction of sp³-hybridized carbons (Fsp3) is 0.692. The van der Waals surface area contributed by atoms with E-state index >= 15 is 0 Å². The van der Waals surface area contributed by atoms with Crippen LogP contribution in [0.5, 0.6) is 0 Å². The van der Waals surface area contributed by atoms with Crippen LogP contribution >= 0.6 is 11.3 Å². The lowest BCUT2D eigenvalue weighted by molar-refractivity contribution is 0.0792. The molecule has 0 aromatic carbocycles. The summed E-state index contributed by atoms with van der Waals surface area (Å²) in [5.41, 5.74) is 5.86. The molecule has 104 valence electrons. The minimum Gasteiger partial charge on any atom is -0.382 e. The summed E-state index contributed by atoms with van der Waals surface area (Å²) in [6.07, 6.45) is 3.59. The molecule has 19 heavy (non-hydrogen) atoms. The Hall–Kier alpha value is -1.30. The zero-order valence-corrected chi connectivity index (χ0v) is 12.2. The number of nitrogens with two attached hydrogens (primary N) is 1. The van der Waals surface area contributed by atoms with Crippen LogP contribution in [0.3, 0.4) is 0 Å². The third kappa shape index (κ3) is 2.83. The van der Waals surface area contributed by atoms with Gasteiger partial charge in [-0.3, -0.25) is 4.79 Å². The minimum absolute atomic E-state index is 0.00190. The number of hydrogen-bond donors (Lipinski definition) is 2. The van der Waals surface area contributed by atoms with E-state index in [1.807, 2.05) is 7.05 Å². The molecule has 0 bridgehead atoms. The molecule has 2 aliphatic carbocycles. The van der Waals surface area contributed by atoms with E-state index in [0.717, 1.165) is 17.6 Å². The largest absolute Gasteiger partial charge is 0.382 e. The Kier molecular flexibility index (Phi) is 3.12. The summed E-state index contributed by atoms with van der Waals surface area (Å²) in [5, 5.41) is 4.06. The van der Waals surface area contributed by atoms with Crippen molar-refractivity contribution in [2.45, 2.75) is 32.2 Å². The second kappa shape index (κ2) is 4.67. The summed E-state index contributed by atoms with van der Waals surface area (Å²) in [7, 11) is 1.85. The maximum absolute atomic E-state index is 12.3. The zero-order valence-electron chi connectivity index (χ0n) is 11.3. The Morgan fingerprint density at radius 1 is 1.58 bits per heavy atom. The van der Waals surface area contributed by atoms with Crippen LogP contribution in [0.15, 0.2) is 0 Å². The van der Waals surface area contributed by atoms with E-state index in [1.165, 1.54) is 30.6 Å². The van der Waals surface area contributed by atoms with E-state index in [4.69, 9.17) is 5.73 Å². The van der Waals surface area contributed by atoms with Gasteiger partial charge in [0.1, 0.15) is 10.7 Å². The van der Waals surface area contributed by atoms with Crippen molar-refractivity contribution in [3.63, 3.8) is 0 Å². The highest BCUT2D eigenvalue weighted by Gasteiger charge is 2.35. The summed E-state index contributed by atoms with van der Waals surface area (Å²) in [4.78, 5) is 18.9. The van der Waals surface area contributed by atoms with Crippen molar-refractivity contribution in [2.75, 3.05) is 24.6 Å². The number of amides is 1. The van der Waals surface area contributed by atoms with Crippen molar-refractivity contribution in [3.8, 4) is 0 Å². The summed E-state index contributed by atoms with van der Waals surface area (Å²) < 4.78 is 0. The fourth-order valence-corrected chi connectivity index (χ4v) is 3.17. The highest BCUT2D eigenvalue weighted by molar-refractivity contribution is 7.18. The van der Waals surface area contributed by atoms with E-state index < -0.39 is 0 Å². The Morgan fingerprint density at radius 2 is 2.26 bits per heavy atom. The highest BCUT2D eigenvalue weighted by atomic mass is 32.1. The standard InChI is InChI=1S/C13H20N4OS/c1-7-5-8(7)6-17(2)12(18)10-11(14)16-13(19-10)15-9-3-4-9/h7-9H,3-6,14H2,1-2H3,(H,15,16). The van der Waals surface area contributed by atoms with Crippen LogP contribution in [-0.4, -0.2) is 35.4 Å². The van der Waals surface area contributed by atoms with Crippen LogP contribution in [-0.2, 0) is 0 Å². The molecule has 6 heteroatoms. The van der Waals surface area contributed by atoms with Crippen molar-refractivity contribution in [1.82, 2.24) is 9.88 Å². The number of hydrogen-bond acceptors (Lipinski definition) is 5. The molecule has 1 aromatic rings. The summed E-state index contributed by atoms with van der Waals surface area (Å²) in [5.74, 6) is 1.76. The van der Waals surface area contributed by atoms with Crippen LogP contribution in [0.2, 0.25) is 0 Å². The normalized spacial score (nSPS) is 25.2. The van der Waals surface area contributed by atoms with Gasteiger partial charge in [-0.05, 0) is 31.1 Å². The average Bonchev–Trinajstić information content (AvgIpc) is 3.24. The van der Waals surface area contributed by atoms with Crippen LogP contribution in [0.1, 0.15) is 35.9 Å². The number of nitrogens with one attached hydrogen (secondary N) is 1. The first-order valence-electron chi connectivity index (χ1n) is 6.83. The Labute approximate surface area is 117 Å². The van der Waals surface area contributed by atoms with E-state index in [2.05, 4.69) is 17.2 Å². The van der Waals surface area contributed by atoms with Gasteiger partial charge in [-0.2, -0.15) is 0 Å². The second-order valence-electron chi connectivity index (χ2n) is 5.81. The summed E-state index contributed by atoms with van der Waals surface area (Å²) in [6.45, 7) is 3.05. The van der Waals surface area contributed by atoms with Gasteiger partial charge in [0.25, 0.3) is 5.91 Å². The minimum atomic E-state index is -0.00190. The van der Waals surface area contributed by atoms with Crippen LogP contribution < -0.4 is 11.1 Å². The van der Waals surface area contributed by atoms with Gasteiger partial charge < -0.3 is 16.0 Å². The van der Waals surface area contributed by atoms with Crippen molar-refractivity contribution in [3.05, 3.63) is 4.88 Å². The monoisotopic (exact) mass is 280 g/mol. The second-order valence-corrected chi connectivity index (χ2v) is 6.81. The molecule has 1 heterocycles. The summed E-state index contributed by atoms with van der Waals surface area (Å²) in [6, 6.07) is 0.526. The van der Waals surface area contributed by atoms with Gasteiger partial charge in [0, 0.05) is 19.6 Å². The third-order valence-electron chi connectivity index (χ3n) is 3.88. The van der Waals surface area contributed by atoms with Gasteiger partial charge in [-0.25, -0.2) is 4.98 Å². The molecule has 3 N–H and O–H groups in total. The van der Waals surface area contributed by atoms with Gasteiger partial charge in [0.2, 0.25) is 0 Å². The molecule has 0 aliphatic heterocycles. The number of thiazole rings is 1. The van der Waals surface area contributed by atoms with Gasteiger partial charge >= 0.3 is 0 Å². The maximum Gasteiger partial charge on any atom is 0.267 e. The molecule has 2 saturated carbocycles. The number of aromatic nitrogens is 1. The third-order valence-corrected chi connectivity index (χ3v) is 4.87. The first kappa shape index (κ1) is 12.7. The molecule has 2 unspecified atom stereocenters. The molecule has 0 radical (unpaired) electrons. The predicted octanol–water partition coefficient (Wildman–Crippen LogP) is 2.03. The van der Waals surface area contributed by atoms with Crippen molar-refractivity contribution in [1.29, 1.82) is 0 Å². The summed E-state index contributed by atoms with van der Waals surface area (Å²) >= 11 is 1.37. The maximum atomic E-state index is 12.3. The first-order chi connectivity index (χ1) is 9.04. The number of carbonyl (C=O) groups is 1. The number of nitrogens with zero attached hydrogens (tertiary/aromatic N) is 2. The quantitative estimate of drug-likeness (QED) is 0.865. The lowest BCUT2D eigenvalue weighted by atomic mass is 10.3. The highest BCUT2D eigenvalue weighted by Crippen LogP contribution is 2.38. The van der Waals surface area contributed by atoms with E-state index in [0.29, 0.717) is 22.7 Å². The van der Waals surface area contributed by atoms with Crippen LogP contribution in [0.25, 0.3) is 0 Å². The lowest BCUT2D eigenvalue weighted by Gasteiger charge is -2.15. The number of nitrogen functional groups attached to an aromatic ring is 1. The van der Waals surface area contributed by atoms with E-state index in [-0.39, 0.29) is 5.91 Å². The van der Waals surface area contributed by atoms with Gasteiger partial charge in [0.05, 0.1) is 0 Å². The average molecular weight is 280 g/mol. The number of anilines is 2. The fourth-order valence-electron chi connectivity index (χ4n) is 2.21. The van der Waals surface area contributed by atoms with E-state index in [9.17, 15) is 4.79 Å². The molecule has 2 atom stereocenters. The Balaban J connectivity index is 1.65.